The molecule has 5 heteroatoms. The summed E-state index contributed by atoms with van der Waals surface area (Å²) in [6.45, 7) is 3.99. The highest BCUT2D eigenvalue weighted by molar-refractivity contribution is 5.78. The maximum atomic E-state index is 12.7. The van der Waals surface area contributed by atoms with E-state index in [4.69, 9.17) is 14.2 Å². The smallest absolute Gasteiger partial charge is 0.261 e. The Hall–Kier alpha value is -2.69. The zero-order valence-electron chi connectivity index (χ0n) is 14.9. The van der Waals surface area contributed by atoms with Crippen molar-refractivity contribution in [3.63, 3.8) is 0 Å². The van der Waals surface area contributed by atoms with Gasteiger partial charge in [0.1, 0.15) is 19.0 Å². The maximum Gasteiger partial charge on any atom is 0.261 e. The molecule has 2 aliphatic heterocycles. The number of nitrogens with zero attached hydrogens (tertiary/aromatic N) is 1. The van der Waals surface area contributed by atoms with Crippen molar-refractivity contribution in [1.82, 2.24) is 4.90 Å². The number of carbonyl (C=O) groups excluding carboxylic acids is 1. The summed E-state index contributed by atoms with van der Waals surface area (Å²) in [4.78, 5) is 14.6. The van der Waals surface area contributed by atoms with Gasteiger partial charge in [-0.2, -0.15) is 0 Å². The summed E-state index contributed by atoms with van der Waals surface area (Å²) in [6, 6.07) is 13.8. The topological polar surface area (TPSA) is 48.0 Å². The largest absolute Gasteiger partial charge is 0.486 e. The fraction of sp³-hybridized carbons (Fsp3) is 0.381. The molecular weight excluding hydrogens is 330 g/mol. The number of amides is 1. The minimum absolute atomic E-state index is 0.0166. The third-order valence-corrected chi connectivity index (χ3v) is 4.91. The van der Waals surface area contributed by atoms with Gasteiger partial charge < -0.3 is 19.1 Å². The molecule has 0 saturated carbocycles. The summed E-state index contributed by atoms with van der Waals surface area (Å²) in [5.74, 6) is 2.28. The SMILES string of the molecule is Cc1ccc(OCC(=O)N2CCCC2c2ccc3c(c2)OCCO3)cc1. The van der Waals surface area contributed by atoms with Crippen molar-refractivity contribution >= 4 is 5.91 Å². The Morgan fingerprint density at radius 2 is 1.88 bits per heavy atom. The molecule has 0 bridgehead atoms. The number of benzene rings is 2. The predicted molar refractivity (Wildman–Crippen MR) is 97.8 cm³/mol. The van der Waals surface area contributed by atoms with E-state index in [1.807, 2.05) is 54.3 Å². The average molecular weight is 353 g/mol. The van der Waals surface area contributed by atoms with E-state index in [1.165, 1.54) is 5.56 Å². The van der Waals surface area contributed by atoms with Gasteiger partial charge in [0.25, 0.3) is 5.91 Å². The fourth-order valence-electron chi connectivity index (χ4n) is 3.54. The normalized spacial score (nSPS) is 18.7. The first-order valence-electron chi connectivity index (χ1n) is 9.09. The van der Waals surface area contributed by atoms with Crippen LogP contribution in [0.5, 0.6) is 17.2 Å². The van der Waals surface area contributed by atoms with E-state index in [1.54, 1.807) is 0 Å². The fourth-order valence-corrected chi connectivity index (χ4v) is 3.54. The van der Waals surface area contributed by atoms with E-state index in [0.29, 0.717) is 13.2 Å². The van der Waals surface area contributed by atoms with Crippen LogP contribution in [0.4, 0.5) is 0 Å². The number of hydrogen-bond acceptors (Lipinski definition) is 4. The number of aryl methyl sites for hydroxylation is 1. The molecule has 0 spiro atoms. The van der Waals surface area contributed by atoms with Crippen LogP contribution in [0.1, 0.15) is 30.0 Å². The molecule has 0 aliphatic carbocycles. The van der Waals surface area contributed by atoms with E-state index in [-0.39, 0.29) is 18.6 Å². The van der Waals surface area contributed by atoms with Crippen molar-refractivity contribution in [1.29, 1.82) is 0 Å². The minimum Gasteiger partial charge on any atom is -0.486 e. The van der Waals surface area contributed by atoms with Gasteiger partial charge in [-0.25, -0.2) is 0 Å². The Morgan fingerprint density at radius 3 is 2.69 bits per heavy atom. The van der Waals surface area contributed by atoms with Crippen LogP contribution in [0.3, 0.4) is 0 Å². The molecule has 4 rings (SSSR count). The lowest BCUT2D eigenvalue weighted by molar-refractivity contribution is -0.134. The molecule has 0 aromatic heterocycles. The molecule has 2 heterocycles. The quantitative estimate of drug-likeness (QED) is 0.844. The van der Waals surface area contributed by atoms with Gasteiger partial charge in [-0.05, 0) is 49.6 Å². The van der Waals surface area contributed by atoms with Gasteiger partial charge in [-0.1, -0.05) is 23.8 Å². The zero-order valence-corrected chi connectivity index (χ0v) is 14.9. The van der Waals surface area contributed by atoms with Gasteiger partial charge in [-0.3, -0.25) is 4.79 Å². The zero-order chi connectivity index (χ0) is 17.9. The van der Waals surface area contributed by atoms with Gasteiger partial charge in [0.15, 0.2) is 18.1 Å². The van der Waals surface area contributed by atoms with Gasteiger partial charge in [0.05, 0.1) is 6.04 Å². The molecule has 2 aromatic rings. The summed E-state index contributed by atoms with van der Waals surface area (Å²) in [5, 5.41) is 0. The van der Waals surface area contributed by atoms with E-state index in [9.17, 15) is 4.79 Å². The first-order valence-corrected chi connectivity index (χ1v) is 9.09. The Balaban J connectivity index is 1.44. The lowest BCUT2D eigenvalue weighted by Gasteiger charge is -2.26. The molecule has 1 fully saturated rings. The molecule has 1 atom stereocenters. The Bertz CT molecular complexity index is 787. The molecule has 0 N–H and O–H groups in total. The second-order valence-electron chi connectivity index (χ2n) is 6.75. The van der Waals surface area contributed by atoms with E-state index in [0.717, 1.165) is 42.2 Å². The molecule has 1 unspecified atom stereocenters. The van der Waals surface area contributed by atoms with Crippen molar-refractivity contribution < 1.29 is 19.0 Å². The average Bonchev–Trinajstić information content (AvgIpc) is 3.17. The monoisotopic (exact) mass is 353 g/mol. The Labute approximate surface area is 153 Å². The summed E-state index contributed by atoms with van der Waals surface area (Å²) >= 11 is 0. The number of likely N-dealkylation sites (tertiary alicyclic amines) is 1. The van der Waals surface area contributed by atoms with Crippen LogP contribution in [0.15, 0.2) is 42.5 Å². The van der Waals surface area contributed by atoms with Crippen molar-refractivity contribution in [2.75, 3.05) is 26.4 Å². The van der Waals surface area contributed by atoms with Crippen LogP contribution >= 0.6 is 0 Å². The number of carbonyl (C=O) groups is 1. The standard InChI is InChI=1S/C21H23NO4/c1-15-4-7-17(8-5-15)26-14-21(23)22-10-2-3-18(22)16-6-9-19-20(13-16)25-12-11-24-19/h4-9,13,18H,2-3,10-12,14H2,1H3. The van der Waals surface area contributed by atoms with Crippen LogP contribution in [-0.2, 0) is 4.79 Å². The Kier molecular flexibility index (Phi) is 4.69. The van der Waals surface area contributed by atoms with Gasteiger partial charge in [-0.15, -0.1) is 0 Å². The number of ether oxygens (including phenoxy) is 3. The molecule has 136 valence electrons. The molecule has 1 amide bonds. The molecule has 1 saturated heterocycles. The molecule has 2 aliphatic rings. The van der Waals surface area contributed by atoms with Gasteiger partial charge in [0.2, 0.25) is 0 Å². The van der Waals surface area contributed by atoms with Crippen molar-refractivity contribution in [3.05, 3.63) is 53.6 Å². The van der Waals surface area contributed by atoms with Crippen LogP contribution in [0.2, 0.25) is 0 Å². The second kappa shape index (κ2) is 7.28. The second-order valence-corrected chi connectivity index (χ2v) is 6.75. The third kappa shape index (κ3) is 3.47. The van der Waals surface area contributed by atoms with E-state index >= 15 is 0 Å². The molecule has 2 aromatic carbocycles. The van der Waals surface area contributed by atoms with Gasteiger partial charge >= 0.3 is 0 Å². The number of hydrogen-bond donors (Lipinski definition) is 0. The third-order valence-electron chi connectivity index (χ3n) is 4.91. The lowest BCUT2D eigenvalue weighted by atomic mass is 10.0. The summed E-state index contributed by atoms with van der Waals surface area (Å²) in [6.07, 6.45) is 1.95. The summed E-state index contributed by atoms with van der Waals surface area (Å²) in [7, 11) is 0. The first-order chi connectivity index (χ1) is 12.7. The molecule has 26 heavy (non-hydrogen) atoms. The number of fused-ring (bicyclic) bond motifs is 1. The van der Waals surface area contributed by atoms with Crippen LogP contribution in [0.25, 0.3) is 0 Å². The van der Waals surface area contributed by atoms with Gasteiger partial charge in [0, 0.05) is 6.54 Å². The highest BCUT2D eigenvalue weighted by Gasteiger charge is 2.31. The highest BCUT2D eigenvalue weighted by Crippen LogP contribution is 2.38. The van der Waals surface area contributed by atoms with Crippen molar-refractivity contribution in [2.24, 2.45) is 0 Å². The lowest BCUT2D eigenvalue weighted by Crippen LogP contribution is -2.34. The van der Waals surface area contributed by atoms with Crippen molar-refractivity contribution in [2.45, 2.75) is 25.8 Å². The maximum absolute atomic E-state index is 12.7. The van der Waals surface area contributed by atoms with Crippen LogP contribution < -0.4 is 14.2 Å². The molecular formula is C21H23NO4. The summed E-state index contributed by atoms with van der Waals surface area (Å²) in [5.41, 5.74) is 2.26. The van der Waals surface area contributed by atoms with Crippen LogP contribution in [0, 0.1) is 6.92 Å². The molecule has 5 nitrogen and oxygen atoms in total. The van der Waals surface area contributed by atoms with Crippen LogP contribution in [-0.4, -0.2) is 37.2 Å². The minimum atomic E-state index is 0.0166. The van der Waals surface area contributed by atoms with E-state index in [2.05, 4.69) is 0 Å². The highest BCUT2D eigenvalue weighted by atomic mass is 16.6. The van der Waals surface area contributed by atoms with Crippen molar-refractivity contribution in [3.8, 4) is 17.2 Å². The molecule has 0 radical (unpaired) electrons. The van der Waals surface area contributed by atoms with E-state index < -0.39 is 0 Å². The number of rotatable bonds is 4. The summed E-state index contributed by atoms with van der Waals surface area (Å²) < 4.78 is 16.9. The Morgan fingerprint density at radius 1 is 1.12 bits per heavy atom. The predicted octanol–water partition coefficient (Wildman–Crippen LogP) is 3.51. The first kappa shape index (κ1) is 16.8.